The van der Waals surface area contributed by atoms with Crippen LogP contribution in [0.4, 0.5) is 10.5 Å². The third kappa shape index (κ3) is 4.83. The molecule has 0 atom stereocenters. The number of rotatable bonds is 4. The molecule has 0 radical (unpaired) electrons. The summed E-state index contributed by atoms with van der Waals surface area (Å²) >= 11 is 1.26. The summed E-state index contributed by atoms with van der Waals surface area (Å²) in [7, 11) is 0. The molecule has 0 aliphatic heterocycles. The lowest BCUT2D eigenvalue weighted by Crippen LogP contribution is -2.35. The van der Waals surface area contributed by atoms with Crippen molar-refractivity contribution in [2.24, 2.45) is 0 Å². The predicted octanol–water partition coefficient (Wildman–Crippen LogP) is 4.00. The zero-order chi connectivity index (χ0) is 19.4. The molecule has 0 fully saturated rings. The standard InChI is InChI=1S/C20H20N4O2S/c1-12-8-9-13(2)17(10-12)23-20(26)24-18(25)11-27-19-14(3)21-15-6-4-5-7-16(15)22-19/h4-10H,11H2,1-3H3,(H2,23,24,25,26). The van der Waals surface area contributed by atoms with E-state index in [-0.39, 0.29) is 5.75 Å². The van der Waals surface area contributed by atoms with E-state index in [2.05, 4.69) is 20.6 Å². The average Bonchev–Trinajstić information content (AvgIpc) is 2.63. The first-order valence-corrected chi connectivity index (χ1v) is 9.45. The molecule has 6 nitrogen and oxygen atoms in total. The van der Waals surface area contributed by atoms with E-state index in [1.807, 2.05) is 63.2 Å². The molecule has 0 bridgehead atoms. The van der Waals surface area contributed by atoms with E-state index in [0.717, 1.165) is 27.9 Å². The summed E-state index contributed by atoms with van der Waals surface area (Å²) in [6, 6.07) is 12.8. The van der Waals surface area contributed by atoms with Crippen molar-refractivity contribution in [2.75, 3.05) is 11.1 Å². The largest absolute Gasteiger partial charge is 0.325 e. The Balaban J connectivity index is 1.59. The molecule has 1 aromatic heterocycles. The zero-order valence-electron chi connectivity index (χ0n) is 15.4. The highest BCUT2D eigenvalue weighted by atomic mass is 32.2. The van der Waals surface area contributed by atoms with E-state index in [1.54, 1.807) is 0 Å². The Labute approximate surface area is 161 Å². The van der Waals surface area contributed by atoms with Crippen LogP contribution < -0.4 is 10.6 Å². The number of hydrogen-bond donors (Lipinski definition) is 2. The van der Waals surface area contributed by atoms with Crippen molar-refractivity contribution >= 4 is 40.4 Å². The summed E-state index contributed by atoms with van der Waals surface area (Å²) in [5, 5.41) is 5.73. The summed E-state index contributed by atoms with van der Waals surface area (Å²) in [5.41, 5.74) is 4.99. The van der Waals surface area contributed by atoms with Gasteiger partial charge in [0.25, 0.3) is 0 Å². The molecule has 0 aliphatic carbocycles. The van der Waals surface area contributed by atoms with Gasteiger partial charge in [-0.15, -0.1) is 0 Å². The Bertz CT molecular complexity index is 1020. The fraction of sp³-hybridized carbons (Fsp3) is 0.200. The normalized spacial score (nSPS) is 10.6. The number of urea groups is 1. The number of benzene rings is 2. The van der Waals surface area contributed by atoms with Crippen LogP contribution in [0.2, 0.25) is 0 Å². The highest BCUT2D eigenvalue weighted by Gasteiger charge is 2.12. The van der Waals surface area contributed by atoms with Crippen LogP contribution >= 0.6 is 11.8 Å². The maximum absolute atomic E-state index is 12.1. The van der Waals surface area contributed by atoms with Gasteiger partial charge in [0.15, 0.2) is 0 Å². The van der Waals surface area contributed by atoms with Gasteiger partial charge in [-0.05, 0) is 50.1 Å². The van der Waals surface area contributed by atoms with Gasteiger partial charge < -0.3 is 5.32 Å². The van der Waals surface area contributed by atoms with Crippen LogP contribution in [-0.2, 0) is 4.79 Å². The van der Waals surface area contributed by atoms with E-state index < -0.39 is 11.9 Å². The topological polar surface area (TPSA) is 84.0 Å². The van der Waals surface area contributed by atoms with E-state index in [9.17, 15) is 9.59 Å². The lowest BCUT2D eigenvalue weighted by molar-refractivity contribution is -0.117. The molecule has 3 aromatic rings. The second kappa shape index (κ2) is 8.18. The highest BCUT2D eigenvalue weighted by molar-refractivity contribution is 7.99. The number of carbonyl (C=O) groups excluding carboxylic acids is 2. The van der Waals surface area contributed by atoms with Crippen molar-refractivity contribution in [3.63, 3.8) is 0 Å². The number of nitrogens with one attached hydrogen (secondary N) is 2. The Hall–Kier alpha value is -2.93. The maximum Gasteiger partial charge on any atom is 0.325 e. The molecule has 0 aliphatic rings. The molecule has 2 aromatic carbocycles. The SMILES string of the molecule is Cc1ccc(C)c(NC(=O)NC(=O)CSc2nc3ccccc3nc2C)c1. The number of aryl methyl sites for hydroxylation is 3. The molecular formula is C20H20N4O2S. The van der Waals surface area contributed by atoms with Gasteiger partial charge in [-0.1, -0.05) is 36.0 Å². The van der Waals surface area contributed by atoms with Gasteiger partial charge in [-0.25, -0.2) is 14.8 Å². The first-order valence-electron chi connectivity index (χ1n) is 8.46. The smallest absolute Gasteiger partial charge is 0.307 e. The first-order chi connectivity index (χ1) is 12.9. The molecule has 2 N–H and O–H groups in total. The summed E-state index contributed by atoms with van der Waals surface area (Å²) in [4.78, 5) is 33.2. The maximum atomic E-state index is 12.1. The Morgan fingerprint density at radius 3 is 2.44 bits per heavy atom. The van der Waals surface area contributed by atoms with Crippen LogP contribution in [0.1, 0.15) is 16.8 Å². The summed E-state index contributed by atoms with van der Waals surface area (Å²) in [6.45, 7) is 5.69. The van der Waals surface area contributed by atoms with E-state index in [0.29, 0.717) is 10.7 Å². The number of amides is 3. The first kappa shape index (κ1) is 18.8. The highest BCUT2D eigenvalue weighted by Crippen LogP contribution is 2.21. The van der Waals surface area contributed by atoms with Crippen LogP contribution in [0.3, 0.4) is 0 Å². The van der Waals surface area contributed by atoms with Crippen LogP contribution in [-0.4, -0.2) is 27.7 Å². The molecule has 3 amide bonds. The van der Waals surface area contributed by atoms with Gasteiger partial charge in [0.05, 0.1) is 22.5 Å². The van der Waals surface area contributed by atoms with Crippen molar-refractivity contribution < 1.29 is 9.59 Å². The van der Waals surface area contributed by atoms with E-state index in [1.165, 1.54) is 11.8 Å². The lowest BCUT2D eigenvalue weighted by Gasteiger charge is -2.10. The molecule has 0 spiro atoms. The van der Waals surface area contributed by atoms with E-state index in [4.69, 9.17) is 0 Å². The molecule has 3 rings (SSSR count). The second-order valence-electron chi connectivity index (χ2n) is 6.21. The van der Waals surface area contributed by atoms with Crippen LogP contribution in [0.5, 0.6) is 0 Å². The van der Waals surface area contributed by atoms with Crippen molar-refractivity contribution in [1.82, 2.24) is 15.3 Å². The molecule has 0 saturated carbocycles. The van der Waals surface area contributed by atoms with E-state index >= 15 is 0 Å². The minimum atomic E-state index is -0.546. The van der Waals surface area contributed by atoms with Gasteiger partial charge in [-0.3, -0.25) is 10.1 Å². The number of para-hydroxylation sites is 2. The van der Waals surface area contributed by atoms with Crippen LogP contribution in [0, 0.1) is 20.8 Å². The van der Waals surface area contributed by atoms with Gasteiger partial charge >= 0.3 is 6.03 Å². The monoisotopic (exact) mass is 380 g/mol. The third-order valence-electron chi connectivity index (χ3n) is 3.94. The van der Waals surface area contributed by atoms with Crippen molar-refractivity contribution in [2.45, 2.75) is 25.8 Å². The van der Waals surface area contributed by atoms with Crippen molar-refractivity contribution in [3.05, 3.63) is 59.3 Å². The number of thioether (sulfide) groups is 1. The molecule has 0 saturated heterocycles. The third-order valence-corrected chi connectivity index (χ3v) is 5.00. The van der Waals surface area contributed by atoms with Crippen LogP contribution in [0.25, 0.3) is 11.0 Å². The zero-order valence-corrected chi connectivity index (χ0v) is 16.2. The number of carbonyl (C=O) groups is 2. The van der Waals surface area contributed by atoms with Crippen molar-refractivity contribution in [1.29, 1.82) is 0 Å². The predicted molar refractivity (Wildman–Crippen MR) is 108 cm³/mol. The number of imide groups is 1. The second-order valence-corrected chi connectivity index (χ2v) is 7.18. The molecular weight excluding hydrogens is 360 g/mol. The summed E-state index contributed by atoms with van der Waals surface area (Å²) in [5.74, 6) is -0.314. The summed E-state index contributed by atoms with van der Waals surface area (Å²) in [6.07, 6.45) is 0. The number of hydrogen-bond acceptors (Lipinski definition) is 5. The number of aromatic nitrogens is 2. The molecule has 138 valence electrons. The fourth-order valence-corrected chi connectivity index (χ4v) is 3.29. The van der Waals surface area contributed by atoms with Gasteiger partial charge in [0.2, 0.25) is 5.91 Å². The fourth-order valence-electron chi connectivity index (χ4n) is 2.53. The molecule has 27 heavy (non-hydrogen) atoms. The molecule has 1 heterocycles. The Morgan fingerprint density at radius 2 is 1.70 bits per heavy atom. The molecule has 7 heteroatoms. The summed E-state index contributed by atoms with van der Waals surface area (Å²) < 4.78 is 0. The molecule has 0 unspecified atom stereocenters. The number of nitrogens with zero attached hydrogens (tertiary/aromatic N) is 2. The number of anilines is 1. The van der Waals surface area contributed by atoms with Gasteiger partial charge in [-0.2, -0.15) is 0 Å². The lowest BCUT2D eigenvalue weighted by atomic mass is 10.1. The van der Waals surface area contributed by atoms with Gasteiger partial charge in [0, 0.05) is 5.69 Å². The number of fused-ring (bicyclic) bond motifs is 1. The van der Waals surface area contributed by atoms with Gasteiger partial charge in [0.1, 0.15) is 5.03 Å². The average molecular weight is 380 g/mol. The Morgan fingerprint density at radius 1 is 1.00 bits per heavy atom. The quantitative estimate of drug-likeness (QED) is 0.669. The minimum Gasteiger partial charge on any atom is -0.307 e. The van der Waals surface area contributed by atoms with Crippen LogP contribution in [0.15, 0.2) is 47.5 Å². The minimum absolute atomic E-state index is 0.0775. The van der Waals surface area contributed by atoms with Crippen molar-refractivity contribution in [3.8, 4) is 0 Å². The Kier molecular flexibility index (Phi) is 5.71.